The molecule has 104 valence electrons. The molecule has 0 aliphatic heterocycles. The normalized spacial score (nSPS) is 12.1. The lowest BCUT2D eigenvalue weighted by Gasteiger charge is -2.12. The summed E-state index contributed by atoms with van der Waals surface area (Å²) in [5.41, 5.74) is 0.105. The molecule has 0 bridgehead atoms. The van der Waals surface area contributed by atoms with E-state index in [4.69, 9.17) is 16.7 Å². The molecule has 0 saturated carbocycles. The number of carbonyl (C=O) groups is 2. The number of pyridine rings is 1. The van der Waals surface area contributed by atoms with Crippen molar-refractivity contribution < 1.29 is 14.7 Å². The Morgan fingerprint density at radius 1 is 1.40 bits per heavy atom. The monoisotopic (exact) mass is 292 g/mol. The van der Waals surface area contributed by atoms with Gasteiger partial charge < -0.3 is 10.4 Å². The van der Waals surface area contributed by atoms with Crippen LogP contribution in [-0.2, 0) is 4.79 Å². The molecular weight excluding hydrogens is 280 g/mol. The van der Waals surface area contributed by atoms with E-state index in [1.54, 1.807) is 19.1 Å². The van der Waals surface area contributed by atoms with E-state index < -0.39 is 17.9 Å². The number of rotatable bonds is 4. The van der Waals surface area contributed by atoms with Crippen molar-refractivity contribution in [2.75, 3.05) is 0 Å². The number of benzene rings is 1. The molecule has 6 heteroatoms. The minimum Gasteiger partial charge on any atom is -0.480 e. The maximum absolute atomic E-state index is 12.0. The summed E-state index contributed by atoms with van der Waals surface area (Å²) in [6, 6.07) is 7.92. The summed E-state index contributed by atoms with van der Waals surface area (Å²) in [5.74, 6) is -1.63. The number of amides is 1. The van der Waals surface area contributed by atoms with Crippen LogP contribution in [-0.4, -0.2) is 28.0 Å². The van der Waals surface area contributed by atoms with E-state index in [0.29, 0.717) is 6.42 Å². The third-order valence-corrected chi connectivity index (χ3v) is 3.23. The van der Waals surface area contributed by atoms with Crippen molar-refractivity contribution in [2.24, 2.45) is 0 Å². The highest BCUT2D eigenvalue weighted by Crippen LogP contribution is 2.22. The molecule has 20 heavy (non-hydrogen) atoms. The van der Waals surface area contributed by atoms with Gasteiger partial charge in [-0.05, 0) is 17.9 Å². The Kier molecular flexibility index (Phi) is 4.20. The van der Waals surface area contributed by atoms with Crippen LogP contribution in [0.1, 0.15) is 23.8 Å². The lowest BCUT2D eigenvalue weighted by molar-refractivity contribution is -0.139. The summed E-state index contributed by atoms with van der Waals surface area (Å²) in [6.45, 7) is 1.68. The fraction of sp³-hybridized carbons (Fsp3) is 0.214. The van der Waals surface area contributed by atoms with Crippen LogP contribution in [0.4, 0.5) is 0 Å². The van der Waals surface area contributed by atoms with Crippen molar-refractivity contribution in [3.05, 3.63) is 41.2 Å². The molecule has 1 aromatic carbocycles. The van der Waals surface area contributed by atoms with E-state index in [0.717, 1.165) is 10.8 Å². The number of nitrogens with zero attached hydrogens (tertiary/aromatic N) is 1. The molecule has 0 unspecified atom stereocenters. The highest BCUT2D eigenvalue weighted by Gasteiger charge is 2.20. The Morgan fingerprint density at radius 3 is 2.75 bits per heavy atom. The zero-order valence-corrected chi connectivity index (χ0v) is 11.5. The van der Waals surface area contributed by atoms with Gasteiger partial charge in [-0.3, -0.25) is 4.79 Å². The lowest BCUT2D eigenvalue weighted by Crippen LogP contribution is -2.40. The van der Waals surface area contributed by atoms with Crippen LogP contribution in [0, 0.1) is 0 Å². The molecule has 0 spiro atoms. The Morgan fingerprint density at radius 2 is 2.10 bits per heavy atom. The smallest absolute Gasteiger partial charge is 0.326 e. The second kappa shape index (κ2) is 5.88. The molecule has 1 atom stereocenters. The number of carboxylic acids is 1. The van der Waals surface area contributed by atoms with Crippen molar-refractivity contribution in [1.29, 1.82) is 0 Å². The van der Waals surface area contributed by atoms with Gasteiger partial charge in [0.1, 0.15) is 16.9 Å². The molecule has 2 aromatic rings. The average Bonchev–Trinajstić information content (AvgIpc) is 2.44. The zero-order valence-electron chi connectivity index (χ0n) is 10.8. The zero-order chi connectivity index (χ0) is 14.7. The molecule has 5 nitrogen and oxygen atoms in total. The molecular formula is C14H13ClN2O3. The van der Waals surface area contributed by atoms with Crippen LogP contribution in [0.5, 0.6) is 0 Å². The Hall–Kier alpha value is -2.14. The topological polar surface area (TPSA) is 79.3 Å². The highest BCUT2D eigenvalue weighted by molar-refractivity contribution is 6.34. The number of carboxylic acid groups (broad SMARTS) is 1. The minimum atomic E-state index is -1.08. The largest absolute Gasteiger partial charge is 0.480 e. The van der Waals surface area contributed by atoms with Crippen LogP contribution in [0.15, 0.2) is 30.3 Å². The van der Waals surface area contributed by atoms with Crippen LogP contribution in [0.3, 0.4) is 0 Å². The Labute approximate surface area is 120 Å². The summed E-state index contributed by atoms with van der Waals surface area (Å²) < 4.78 is 0. The summed E-state index contributed by atoms with van der Waals surface area (Å²) in [5, 5.41) is 13.1. The van der Waals surface area contributed by atoms with Crippen molar-refractivity contribution in [1.82, 2.24) is 10.3 Å². The van der Waals surface area contributed by atoms with E-state index in [1.807, 2.05) is 18.2 Å². The quantitative estimate of drug-likeness (QED) is 0.849. The van der Waals surface area contributed by atoms with Gasteiger partial charge in [0.15, 0.2) is 0 Å². The number of nitrogens with one attached hydrogen (secondary N) is 1. The first kappa shape index (κ1) is 14.3. The molecule has 0 aliphatic carbocycles. The second-order valence-electron chi connectivity index (χ2n) is 4.29. The number of aliphatic carboxylic acids is 1. The van der Waals surface area contributed by atoms with E-state index >= 15 is 0 Å². The summed E-state index contributed by atoms with van der Waals surface area (Å²) >= 11 is 6.03. The van der Waals surface area contributed by atoms with Gasteiger partial charge in [-0.2, -0.15) is 0 Å². The van der Waals surface area contributed by atoms with Gasteiger partial charge in [-0.15, -0.1) is 0 Å². The van der Waals surface area contributed by atoms with E-state index in [2.05, 4.69) is 10.3 Å². The van der Waals surface area contributed by atoms with Crippen molar-refractivity contribution in [3.63, 3.8) is 0 Å². The standard InChI is InChI=1S/C14H13ClN2O3/c1-2-10(14(19)20)17-13(18)11-7-8-5-3-4-6-9(8)12(15)16-11/h3-7,10H,2H2,1H3,(H,17,18)(H,19,20)/t10-/m0/s1. The summed E-state index contributed by atoms with van der Waals surface area (Å²) in [7, 11) is 0. The van der Waals surface area contributed by atoms with Gasteiger partial charge in [-0.25, -0.2) is 9.78 Å². The van der Waals surface area contributed by atoms with Gasteiger partial charge in [0.2, 0.25) is 0 Å². The highest BCUT2D eigenvalue weighted by atomic mass is 35.5. The molecule has 1 amide bonds. The fourth-order valence-corrected chi connectivity index (χ4v) is 2.11. The molecule has 1 aromatic heterocycles. The van der Waals surface area contributed by atoms with Crippen LogP contribution in [0.25, 0.3) is 10.8 Å². The van der Waals surface area contributed by atoms with Gasteiger partial charge in [0.25, 0.3) is 5.91 Å². The van der Waals surface area contributed by atoms with Gasteiger partial charge >= 0.3 is 5.97 Å². The first-order chi connectivity index (χ1) is 9.52. The van der Waals surface area contributed by atoms with Gasteiger partial charge in [-0.1, -0.05) is 42.8 Å². The molecule has 1 heterocycles. The van der Waals surface area contributed by atoms with Gasteiger partial charge in [0.05, 0.1) is 0 Å². The lowest BCUT2D eigenvalue weighted by atomic mass is 10.1. The molecule has 2 rings (SSSR count). The van der Waals surface area contributed by atoms with E-state index in [-0.39, 0.29) is 10.8 Å². The number of hydrogen-bond acceptors (Lipinski definition) is 3. The van der Waals surface area contributed by atoms with E-state index in [1.165, 1.54) is 0 Å². The molecule has 0 aliphatic rings. The van der Waals surface area contributed by atoms with Crippen molar-refractivity contribution in [3.8, 4) is 0 Å². The van der Waals surface area contributed by atoms with Crippen molar-refractivity contribution >= 4 is 34.2 Å². The minimum absolute atomic E-state index is 0.105. The predicted octanol–water partition coefficient (Wildman–Crippen LogP) is 2.48. The Balaban J connectivity index is 2.33. The molecule has 0 fully saturated rings. The number of halogens is 1. The fourth-order valence-electron chi connectivity index (χ4n) is 1.84. The first-order valence-corrected chi connectivity index (χ1v) is 6.49. The maximum atomic E-state index is 12.0. The van der Waals surface area contributed by atoms with E-state index in [9.17, 15) is 9.59 Å². The SMILES string of the molecule is CC[C@H](NC(=O)c1cc2ccccc2c(Cl)n1)C(=O)O. The average molecular weight is 293 g/mol. The van der Waals surface area contributed by atoms with Crippen LogP contribution >= 0.6 is 11.6 Å². The Bertz CT molecular complexity index is 673. The second-order valence-corrected chi connectivity index (χ2v) is 4.65. The number of aromatic nitrogens is 1. The number of carbonyl (C=O) groups excluding carboxylic acids is 1. The number of hydrogen-bond donors (Lipinski definition) is 2. The van der Waals surface area contributed by atoms with Gasteiger partial charge in [0, 0.05) is 5.39 Å². The first-order valence-electron chi connectivity index (χ1n) is 6.12. The van der Waals surface area contributed by atoms with Crippen LogP contribution in [0.2, 0.25) is 5.15 Å². The predicted molar refractivity (Wildman–Crippen MR) is 75.9 cm³/mol. The molecule has 0 radical (unpaired) electrons. The maximum Gasteiger partial charge on any atom is 0.326 e. The molecule has 0 saturated heterocycles. The summed E-state index contributed by atoms with van der Waals surface area (Å²) in [6.07, 6.45) is 0.294. The summed E-state index contributed by atoms with van der Waals surface area (Å²) in [4.78, 5) is 26.9. The molecule has 2 N–H and O–H groups in total. The van der Waals surface area contributed by atoms with Crippen molar-refractivity contribution in [2.45, 2.75) is 19.4 Å². The van der Waals surface area contributed by atoms with Crippen LogP contribution < -0.4 is 5.32 Å². The number of fused-ring (bicyclic) bond motifs is 1. The third kappa shape index (κ3) is 2.88. The third-order valence-electron chi connectivity index (χ3n) is 2.94.